The third-order valence-electron chi connectivity index (χ3n) is 5.46. The number of para-hydroxylation sites is 1. The molecule has 3 heterocycles. The standard InChI is InChI=1S/C18H24N6/c1-12-17(15-6-4-5-7-16(15)19-12)14-8-10-24(11-9-14)13(2)18-20-21-22-23(18)3/h4-7,13-14,19H,8-11H2,1-3H3. The first kappa shape index (κ1) is 15.3. The van der Waals surface area contributed by atoms with Crippen molar-refractivity contribution in [3.63, 3.8) is 0 Å². The van der Waals surface area contributed by atoms with Gasteiger partial charge in [0.15, 0.2) is 5.82 Å². The summed E-state index contributed by atoms with van der Waals surface area (Å²) in [5.74, 6) is 1.57. The molecule has 0 bridgehead atoms. The minimum absolute atomic E-state index is 0.259. The van der Waals surface area contributed by atoms with Gasteiger partial charge in [-0.05, 0) is 67.8 Å². The van der Waals surface area contributed by atoms with Gasteiger partial charge in [0.2, 0.25) is 0 Å². The first-order valence-electron chi connectivity index (χ1n) is 8.68. The van der Waals surface area contributed by atoms with Crippen molar-refractivity contribution in [1.82, 2.24) is 30.1 Å². The molecule has 24 heavy (non-hydrogen) atoms. The number of aromatic amines is 1. The van der Waals surface area contributed by atoms with E-state index in [1.807, 2.05) is 7.05 Å². The van der Waals surface area contributed by atoms with Crippen LogP contribution in [0.4, 0.5) is 0 Å². The number of nitrogens with one attached hydrogen (secondary N) is 1. The Bertz CT molecular complexity index is 840. The van der Waals surface area contributed by atoms with Crippen LogP contribution in [0.2, 0.25) is 0 Å². The van der Waals surface area contributed by atoms with Crippen molar-refractivity contribution in [3.8, 4) is 0 Å². The van der Waals surface area contributed by atoms with Gasteiger partial charge in [-0.25, -0.2) is 4.68 Å². The summed E-state index contributed by atoms with van der Waals surface area (Å²) in [6, 6.07) is 8.91. The number of benzene rings is 1. The molecule has 1 atom stereocenters. The van der Waals surface area contributed by atoms with E-state index in [0.29, 0.717) is 5.92 Å². The molecule has 3 aromatic rings. The van der Waals surface area contributed by atoms with Gasteiger partial charge in [-0.1, -0.05) is 18.2 Å². The lowest BCUT2D eigenvalue weighted by Gasteiger charge is -2.35. The molecule has 0 radical (unpaired) electrons. The fourth-order valence-corrected chi connectivity index (χ4v) is 4.15. The number of piperidine rings is 1. The van der Waals surface area contributed by atoms with E-state index in [1.165, 1.54) is 35.0 Å². The Labute approximate surface area is 141 Å². The Morgan fingerprint density at radius 2 is 1.96 bits per heavy atom. The van der Waals surface area contributed by atoms with Crippen molar-refractivity contribution in [2.24, 2.45) is 7.05 Å². The lowest BCUT2D eigenvalue weighted by molar-refractivity contribution is 0.154. The summed E-state index contributed by atoms with van der Waals surface area (Å²) in [7, 11) is 1.91. The highest BCUT2D eigenvalue weighted by Crippen LogP contribution is 2.37. The zero-order chi connectivity index (χ0) is 16.7. The smallest absolute Gasteiger partial charge is 0.167 e. The van der Waals surface area contributed by atoms with Crippen LogP contribution in [0.3, 0.4) is 0 Å². The number of nitrogens with zero attached hydrogens (tertiary/aromatic N) is 5. The van der Waals surface area contributed by atoms with Gasteiger partial charge in [-0.2, -0.15) is 0 Å². The lowest BCUT2D eigenvalue weighted by Crippen LogP contribution is -2.36. The minimum Gasteiger partial charge on any atom is -0.358 e. The molecule has 1 N–H and O–H groups in total. The first-order chi connectivity index (χ1) is 11.6. The second-order valence-electron chi connectivity index (χ2n) is 6.86. The topological polar surface area (TPSA) is 62.6 Å². The highest BCUT2D eigenvalue weighted by Gasteiger charge is 2.28. The molecule has 0 amide bonds. The predicted molar refractivity (Wildman–Crippen MR) is 93.8 cm³/mol. The van der Waals surface area contributed by atoms with Crippen LogP contribution in [-0.4, -0.2) is 43.2 Å². The third-order valence-corrected chi connectivity index (χ3v) is 5.46. The Kier molecular flexibility index (Phi) is 3.84. The third kappa shape index (κ3) is 2.51. The van der Waals surface area contributed by atoms with E-state index < -0.39 is 0 Å². The second-order valence-corrected chi connectivity index (χ2v) is 6.86. The number of rotatable bonds is 3. The maximum Gasteiger partial charge on any atom is 0.167 e. The molecule has 1 aromatic carbocycles. The van der Waals surface area contributed by atoms with E-state index in [2.05, 4.69) is 63.5 Å². The molecule has 0 aliphatic carbocycles. The van der Waals surface area contributed by atoms with Gasteiger partial charge in [0, 0.05) is 23.6 Å². The first-order valence-corrected chi connectivity index (χ1v) is 8.68. The molecular formula is C18H24N6. The quantitative estimate of drug-likeness (QED) is 0.804. The summed E-state index contributed by atoms with van der Waals surface area (Å²) < 4.78 is 1.78. The van der Waals surface area contributed by atoms with Crippen LogP contribution in [0.5, 0.6) is 0 Å². The summed E-state index contributed by atoms with van der Waals surface area (Å²) in [4.78, 5) is 6.04. The molecule has 1 aliphatic heterocycles. The molecule has 1 saturated heterocycles. The predicted octanol–water partition coefficient (Wildman–Crippen LogP) is 2.94. The van der Waals surface area contributed by atoms with Crippen molar-refractivity contribution >= 4 is 10.9 Å². The van der Waals surface area contributed by atoms with Gasteiger partial charge in [0.1, 0.15) is 0 Å². The zero-order valence-electron chi connectivity index (χ0n) is 14.5. The Morgan fingerprint density at radius 3 is 2.67 bits per heavy atom. The Balaban J connectivity index is 1.52. The monoisotopic (exact) mass is 324 g/mol. The van der Waals surface area contributed by atoms with Gasteiger partial charge in [0.25, 0.3) is 0 Å². The number of tetrazole rings is 1. The summed E-state index contributed by atoms with van der Waals surface area (Å²) in [6.45, 7) is 6.56. The summed E-state index contributed by atoms with van der Waals surface area (Å²) in [5, 5.41) is 13.3. The molecule has 1 fully saturated rings. The van der Waals surface area contributed by atoms with Crippen molar-refractivity contribution in [3.05, 3.63) is 41.3 Å². The van der Waals surface area contributed by atoms with Gasteiger partial charge in [-0.3, -0.25) is 4.90 Å². The van der Waals surface area contributed by atoms with Crippen LogP contribution in [0, 0.1) is 6.92 Å². The highest BCUT2D eigenvalue weighted by molar-refractivity contribution is 5.85. The summed E-state index contributed by atoms with van der Waals surface area (Å²) in [5.41, 5.74) is 4.09. The number of aromatic nitrogens is 5. The fourth-order valence-electron chi connectivity index (χ4n) is 4.15. The van der Waals surface area contributed by atoms with Crippen molar-refractivity contribution < 1.29 is 0 Å². The van der Waals surface area contributed by atoms with Crippen LogP contribution >= 0.6 is 0 Å². The van der Waals surface area contributed by atoms with E-state index in [9.17, 15) is 0 Å². The van der Waals surface area contributed by atoms with E-state index >= 15 is 0 Å². The van der Waals surface area contributed by atoms with E-state index in [0.717, 1.165) is 18.9 Å². The Morgan fingerprint density at radius 1 is 1.21 bits per heavy atom. The minimum atomic E-state index is 0.259. The average Bonchev–Trinajstić information content (AvgIpc) is 3.16. The molecule has 2 aromatic heterocycles. The molecule has 0 saturated carbocycles. The van der Waals surface area contributed by atoms with Gasteiger partial charge in [-0.15, -0.1) is 5.10 Å². The molecule has 4 rings (SSSR count). The number of hydrogen-bond acceptors (Lipinski definition) is 4. The Hall–Kier alpha value is -2.21. The SMILES string of the molecule is Cc1[nH]c2ccccc2c1C1CCN(C(C)c2nnnn2C)CC1. The molecule has 6 heteroatoms. The number of likely N-dealkylation sites (tertiary alicyclic amines) is 1. The van der Waals surface area contributed by atoms with Crippen molar-refractivity contribution in [2.75, 3.05) is 13.1 Å². The highest BCUT2D eigenvalue weighted by atomic mass is 15.5. The van der Waals surface area contributed by atoms with Gasteiger partial charge < -0.3 is 4.98 Å². The van der Waals surface area contributed by atoms with Gasteiger partial charge in [0.05, 0.1) is 6.04 Å². The maximum atomic E-state index is 4.17. The summed E-state index contributed by atoms with van der Waals surface area (Å²) in [6.07, 6.45) is 2.36. The molecule has 126 valence electrons. The van der Waals surface area contributed by atoms with Gasteiger partial charge >= 0.3 is 0 Å². The molecule has 1 unspecified atom stereocenters. The number of fused-ring (bicyclic) bond motifs is 1. The molecule has 6 nitrogen and oxygen atoms in total. The van der Waals surface area contributed by atoms with Crippen LogP contribution in [-0.2, 0) is 7.05 Å². The van der Waals surface area contributed by atoms with Crippen molar-refractivity contribution in [2.45, 2.75) is 38.6 Å². The molecule has 0 spiro atoms. The van der Waals surface area contributed by atoms with E-state index in [-0.39, 0.29) is 6.04 Å². The van der Waals surface area contributed by atoms with Crippen molar-refractivity contribution in [1.29, 1.82) is 0 Å². The lowest BCUT2D eigenvalue weighted by atomic mass is 9.87. The van der Waals surface area contributed by atoms with Crippen LogP contribution in [0.15, 0.2) is 24.3 Å². The van der Waals surface area contributed by atoms with Crippen LogP contribution < -0.4 is 0 Å². The fraction of sp³-hybridized carbons (Fsp3) is 0.500. The van der Waals surface area contributed by atoms with E-state index in [4.69, 9.17) is 0 Å². The van der Waals surface area contributed by atoms with E-state index in [1.54, 1.807) is 4.68 Å². The zero-order valence-corrected chi connectivity index (χ0v) is 14.5. The maximum absolute atomic E-state index is 4.17. The largest absolute Gasteiger partial charge is 0.358 e. The number of aryl methyl sites for hydroxylation is 2. The normalized spacial score (nSPS) is 18.3. The average molecular weight is 324 g/mol. The summed E-state index contributed by atoms with van der Waals surface area (Å²) >= 11 is 0. The number of hydrogen-bond donors (Lipinski definition) is 1. The van der Waals surface area contributed by atoms with Crippen LogP contribution in [0.25, 0.3) is 10.9 Å². The molecular weight excluding hydrogens is 300 g/mol. The molecule has 1 aliphatic rings. The second kappa shape index (κ2) is 6.02. The number of H-pyrrole nitrogens is 1. The van der Waals surface area contributed by atoms with Crippen LogP contribution in [0.1, 0.15) is 48.8 Å².